The molecule has 49 heavy (non-hydrogen) atoms. The van der Waals surface area contributed by atoms with Crippen LogP contribution in [0.3, 0.4) is 0 Å². The van der Waals surface area contributed by atoms with Gasteiger partial charge in [0.05, 0.1) is 40.4 Å². The highest BCUT2D eigenvalue weighted by atomic mass is 19.4. The molecule has 2 amide bonds. The number of likely N-dealkylation sites (tertiary alicyclic amines) is 1. The van der Waals surface area contributed by atoms with Gasteiger partial charge in [0.2, 0.25) is 5.91 Å². The molecule has 0 atom stereocenters. The van der Waals surface area contributed by atoms with Crippen molar-refractivity contribution in [3.8, 4) is 16.9 Å². The summed E-state index contributed by atoms with van der Waals surface area (Å²) in [6.07, 6.45) is -12.8. The molecule has 2 aromatic heterocycles. The van der Waals surface area contributed by atoms with Crippen molar-refractivity contribution in [2.45, 2.75) is 36.9 Å². The predicted molar refractivity (Wildman–Crippen MR) is 152 cm³/mol. The molecule has 258 valence electrons. The van der Waals surface area contributed by atoms with Crippen molar-refractivity contribution >= 4 is 17.5 Å². The lowest BCUT2D eigenvalue weighted by Crippen LogP contribution is -2.57. The largest absolute Gasteiger partial charge is 0.419 e. The number of halogens is 10. The van der Waals surface area contributed by atoms with Crippen LogP contribution in [0.1, 0.15) is 40.0 Å². The fourth-order valence-corrected chi connectivity index (χ4v) is 6.09. The quantitative estimate of drug-likeness (QED) is 0.240. The first-order chi connectivity index (χ1) is 22.9. The Balaban J connectivity index is 1.30. The fraction of sp³-hybridized carbons (Fsp3) is 0.290. The fourth-order valence-electron chi connectivity index (χ4n) is 6.09. The second-order valence-electron chi connectivity index (χ2n) is 11.4. The maximum Gasteiger partial charge on any atom is 0.419 e. The summed E-state index contributed by atoms with van der Waals surface area (Å²) in [5, 5.41) is 6.71. The summed E-state index contributed by atoms with van der Waals surface area (Å²) < 4.78 is 137. The van der Waals surface area contributed by atoms with Crippen molar-refractivity contribution in [2.75, 3.05) is 24.7 Å². The number of alkyl halides is 9. The average molecular weight is 701 g/mol. The molecule has 1 N–H and O–H groups in total. The van der Waals surface area contributed by atoms with Gasteiger partial charge in [-0.15, -0.1) is 0 Å². The zero-order chi connectivity index (χ0) is 35.5. The first kappa shape index (κ1) is 33.7. The van der Waals surface area contributed by atoms with Gasteiger partial charge < -0.3 is 15.1 Å². The molecule has 1 spiro atoms. The zero-order valence-corrected chi connectivity index (χ0v) is 24.7. The summed E-state index contributed by atoms with van der Waals surface area (Å²) in [6, 6.07) is 7.66. The van der Waals surface area contributed by atoms with Gasteiger partial charge >= 0.3 is 18.5 Å². The van der Waals surface area contributed by atoms with E-state index in [9.17, 15) is 53.5 Å². The van der Waals surface area contributed by atoms with Gasteiger partial charge in [0.25, 0.3) is 5.91 Å². The molecule has 0 unspecified atom stereocenters. The Hall–Kier alpha value is -5.16. The molecule has 0 bridgehead atoms. The zero-order valence-electron chi connectivity index (χ0n) is 24.7. The second-order valence-corrected chi connectivity index (χ2v) is 11.4. The highest BCUT2D eigenvalue weighted by Crippen LogP contribution is 2.45. The standard InChI is InChI=1S/C31H22F10N6O2/c32-22-14-19(2-3-20(22)30(36,37)38)47-25(17-5-9-42-10-6-17)15-23(44-47)26(48)45-11-7-28(8-12-45)27(49)43-16-46(28)24-4-1-18(29(33,34)35)13-21(24)31(39,40)41/h1-6,9-10,13-15H,7-8,11-12,16H2,(H,43,49). The molecule has 2 aliphatic rings. The van der Waals surface area contributed by atoms with E-state index in [-0.39, 0.29) is 49.1 Å². The lowest BCUT2D eigenvalue weighted by Gasteiger charge is -2.43. The van der Waals surface area contributed by atoms with Gasteiger partial charge in [-0.25, -0.2) is 9.07 Å². The maximum atomic E-state index is 14.5. The van der Waals surface area contributed by atoms with Crippen molar-refractivity contribution in [3.05, 3.63) is 95.2 Å². The molecular formula is C31H22F10N6O2. The summed E-state index contributed by atoms with van der Waals surface area (Å²) >= 11 is 0. The molecule has 18 heteroatoms. The van der Waals surface area contributed by atoms with Crippen molar-refractivity contribution in [1.29, 1.82) is 0 Å². The molecule has 2 fully saturated rings. The second kappa shape index (κ2) is 11.8. The highest BCUT2D eigenvalue weighted by molar-refractivity contribution is 5.96. The third-order valence-electron chi connectivity index (χ3n) is 8.54. The number of hydrogen-bond acceptors (Lipinski definition) is 5. The molecule has 0 saturated carbocycles. The molecule has 4 heterocycles. The van der Waals surface area contributed by atoms with Crippen LogP contribution in [0.25, 0.3) is 16.9 Å². The number of carbonyl (C=O) groups excluding carboxylic acids is 2. The monoisotopic (exact) mass is 700 g/mol. The van der Waals surface area contributed by atoms with E-state index in [4.69, 9.17) is 0 Å². The smallest absolute Gasteiger partial charge is 0.339 e. The number of nitrogens with zero attached hydrogens (tertiary/aromatic N) is 5. The summed E-state index contributed by atoms with van der Waals surface area (Å²) in [7, 11) is 0. The molecule has 2 saturated heterocycles. The van der Waals surface area contributed by atoms with Crippen LogP contribution >= 0.6 is 0 Å². The minimum atomic E-state index is -5.19. The van der Waals surface area contributed by atoms with E-state index in [1.807, 2.05) is 0 Å². The minimum absolute atomic E-state index is 0.0102. The van der Waals surface area contributed by atoms with Crippen LogP contribution in [-0.2, 0) is 23.3 Å². The van der Waals surface area contributed by atoms with Gasteiger partial charge in [-0.3, -0.25) is 14.6 Å². The third-order valence-corrected chi connectivity index (χ3v) is 8.54. The predicted octanol–water partition coefficient (Wildman–Crippen LogP) is 6.70. The average Bonchev–Trinajstić information content (AvgIpc) is 3.61. The SMILES string of the molecule is O=C(c1cc(-c2ccncc2)n(-c2ccc(C(F)(F)F)c(F)c2)n1)N1CCC2(CC1)C(=O)NCN2c1ccc(C(F)(F)F)cc1C(F)(F)F. The number of carbonyl (C=O) groups is 2. The van der Waals surface area contributed by atoms with Crippen LogP contribution in [0.2, 0.25) is 0 Å². The van der Waals surface area contributed by atoms with Crippen molar-refractivity contribution < 1.29 is 53.5 Å². The summed E-state index contributed by atoms with van der Waals surface area (Å²) in [5.41, 5.74) is -6.58. The number of rotatable bonds is 4. The Bertz CT molecular complexity index is 1910. The van der Waals surface area contributed by atoms with E-state index in [1.165, 1.54) is 35.5 Å². The molecule has 6 rings (SSSR count). The van der Waals surface area contributed by atoms with E-state index >= 15 is 0 Å². The van der Waals surface area contributed by atoms with Crippen molar-refractivity contribution in [2.24, 2.45) is 0 Å². The molecule has 0 radical (unpaired) electrons. The van der Waals surface area contributed by atoms with E-state index in [2.05, 4.69) is 15.4 Å². The molecule has 8 nitrogen and oxygen atoms in total. The highest BCUT2D eigenvalue weighted by Gasteiger charge is 2.53. The molecule has 4 aromatic rings. The summed E-state index contributed by atoms with van der Waals surface area (Å²) in [6.45, 7) is -0.793. The van der Waals surface area contributed by atoms with E-state index in [1.54, 1.807) is 0 Å². The van der Waals surface area contributed by atoms with Crippen LogP contribution in [0.15, 0.2) is 67.0 Å². The lowest BCUT2D eigenvalue weighted by atomic mass is 9.85. The Labute approximate surface area is 269 Å². The molecular weight excluding hydrogens is 678 g/mol. The van der Waals surface area contributed by atoms with Crippen LogP contribution in [0, 0.1) is 5.82 Å². The normalized spacial score (nSPS) is 16.7. The Morgan fingerprint density at radius 3 is 2.04 bits per heavy atom. The first-order valence-corrected chi connectivity index (χ1v) is 14.4. The van der Waals surface area contributed by atoms with Crippen LogP contribution < -0.4 is 10.2 Å². The molecule has 2 aromatic carbocycles. The Morgan fingerprint density at radius 1 is 0.796 bits per heavy atom. The summed E-state index contributed by atoms with van der Waals surface area (Å²) in [4.78, 5) is 33.0. The number of amides is 2. The number of benzene rings is 2. The van der Waals surface area contributed by atoms with Gasteiger partial charge in [-0.1, -0.05) is 0 Å². The lowest BCUT2D eigenvalue weighted by molar-refractivity contribution is -0.143. The molecule has 2 aliphatic heterocycles. The van der Waals surface area contributed by atoms with Gasteiger partial charge in [-0.2, -0.15) is 44.6 Å². The summed E-state index contributed by atoms with van der Waals surface area (Å²) in [5.74, 6) is -2.94. The minimum Gasteiger partial charge on any atom is -0.339 e. The first-order valence-electron chi connectivity index (χ1n) is 14.4. The molecule has 0 aliphatic carbocycles. The Kier molecular flexibility index (Phi) is 8.10. The maximum absolute atomic E-state index is 14.5. The van der Waals surface area contributed by atoms with Crippen molar-refractivity contribution in [3.63, 3.8) is 0 Å². The number of anilines is 1. The number of hydrogen-bond donors (Lipinski definition) is 1. The van der Waals surface area contributed by atoms with E-state index in [0.29, 0.717) is 29.8 Å². The van der Waals surface area contributed by atoms with Gasteiger partial charge in [0, 0.05) is 37.1 Å². The number of piperidine rings is 1. The van der Waals surface area contributed by atoms with Crippen LogP contribution in [0.4, 0.5) is 49.6 Å². The number of nitrogens with one attached hydrogen (secondary N) is 1. The third kappa shape index (κ3) is 6.14. The van der Waals surface area contributed by atoms with Crippen molar-refractivity contribution in [1.82, 2.24) is 25.0 Å². The van der Waals surface area contributed by atoms with Crippen LogP contribution in [-0.4, -0.2) is 56.8 Å². The van der Waals surface area contributed by atoms with Crippen LogP contribution in [0.5, 0.6) is 0 Å². The van der Waals surface area contributed by atoms with Gasteiger partial charge in [-0.05, 0) is 61.4 Å². The number of pyridine rings is 1. The topological polar surface area (TPSA) is 83.4 Å². The Morgan fingerprint density at radius 2 is 1.45 bits per heavy atom. The van der Waals surface area contributed by atoms with E-state index < -0.39 is 70.7 Å². The number of aromatic nitrogens is 3. The van der Waals surface area contributed by atoms with Gasteiger partial charge in [0.1, 0.15) is 11.4 Å². The van der Waals surface area contributed by atoms with Gasteiger partial charge in [0.15, 0.2) is 5.69 Å². The van der Waals surface area contributed by atoms with E-state index in [0.717, 1.165) is 15.6 Å².